The van der Waals surface area contributed by atoms with E-state index in [0.29, 0.717) is 13.0 Å². The van der Waals surface area contributed by atoms with Crippen molar-refractivity contribution >= 4 is 11.8 Å². The fraction of sp³-hybridized carbons (Fsp3) is 0.500. The van der Waals surface area contributed by atoms with Crippen LogP contribution >= 0.6 is 0 Å². The molecule has 0 saturated carbocycles. The summed E-state index contributed by atoms with van der Waals surface area (Å²) in [6.07, 6.45) is 5.40. The average molecular weight is 369 g/mol. The molecule has 0 saturated heterocycles. The van der Waals surface area contributed by atoms with Gasteiger partial charge in [0.25, 0.3) is 0 Å². The molecule has 7 heteroatoms. The van der Waals surface area contributed by atoms with E-state index in [1.165, 1.54) is 19.8 Å². The van der Waals surface area contributed by atoms with Gasteiger partial charge in [0.15, 0.2) is 0 Å². The first kappa shape index (κ1) is 19.1. The third-order valence-electron chi connectivity index (χ3n) is 4.83. The van der Waals surface area contributed by atoms with Gasteiger partial charge in [0, 0.05) is 32.9 Å². The molecule has 2 aromatic rings. The maximum atomic E-state index is 12.4. The summed E-state index contributed by atoms with van der Waals surface area (Å²) in [7, 11) is 0. The molecule has 1 atom stereocenters. The Balaban J connectivity index is 1.53. The predicted molar refractivity (Wildman–Crippen MR) is 102 cm³/mol. The fourth-order valence-electron chi connectivity index (χ4n) is 3.48. The number of carbonyl (C=O) groups is 2. The molecule has 0 spiro atoms. The molecule has 0 radical (unpaired) electrons. The van der Waals surface area contributed by atoms with Crippen molar-refractivity contribution in [2.75, 3.05) is 6.54 Å². The number of nitrogens with zero attached hydrogens (tertiary/aromatic N) is 3. The Morgan fingerprint density at radius 2 is 1.96 bits per heavy atom. The van der Waals surface area contributed by atoms with Crippen LogP contribution in [-0.4, -0.2) is 33.1 Å². The summed E-state index contributed by atoms with van der Waals surface area (Å²) in [6.45, 7) is 2.94. The molecule has 7 nitrogen and oxygen atoms in total. The molecule has 0 fully saturated rings. The first-order valence-corrected chi connectivity index (χ1v) is 9.63. The highest BCUT2D eigenvalue weighted by Gasteiger charge is 2.18. The second kappa shape index (κ2) is 9.30. The zero-order valence-electron chi connectivity index (χ0n) is 15.8. The Hall–Kier alpha value is -2.70. The van der Waals surface area contributed by atoms with Crippen LogP contribution in [0.2, 0.25) is 0 Å². The third kappa shape index (κ3) is 5.39. The van der Waals surface area contributed by atoms with Crippen molar-refractivity contribution in [3.8, 4) is 0 Å². The minimum Gasteiger partial charge on any atom is -0.356 e. The molecule has 27 heavy (non-hydrogen) atoms. The van der Waals surface area contributed by atoms with E-state index in [4.69, 9.17) is 0 Å². The van der Waals surface area contributed by atoms with Crippen LogP contribution in [0.3, 0.4) is 0 Å². The van der Waals surface area contributed by atoms with Crippen LogP contribution < -0.4 is 10.6 Å². The molecule has 2 N–H and O–H groups in total. The van der Waals surface area contributed by atoms with E-state index in [2.05, 4.69) is 25.4 Å². The standard InChI is InChI=1S/C20H27N5O2/c1-15(26)22-17(16-8-4-2-5-9-16)14-20(27)21-12-11-19-24-23-18-10-6-3-7-13-25(18)19/h2,4-5,8-9,17H,3,6-7,10-14H2,1H3,(H,21,27)(H,22,26). The van der Waals surface area contributed by atoms with Crippen molar-refractivity contribution in [3.63, 3.8) is 0 Å². The molecular formula is C20H27N5O2. The van der Waals surface area contributed by atoms with Gasteiger partial charge in [-0.1, -0.05) is 36.8 Å². The Labute approximate surface area is 159 Å². The molecule has 1 aromatic heterocycles. The van der Waals surface area contributed by atoms with E-state index < -0.39 is 0 Å². The molecule has 2 heterocycles. The lowest BCUT2D eigenvalue weighted by atomic mass is 10.0. The van der Waals surface area contributed by atoms with Gasteiger partial charge < -0.3 is 15.2 Å². The van der Waals surface area contributed by atoms with Crippen LogP contribution in [0.15, 0.2) is 30.3 Å². The second-order valence-corrected chi connectivity index (χ2v) is 6.96. The molecule has 1 aliphatic heterocycles. The van der Waals surface area contributed by atoms with Crippen molar-refractivity contribution in [1.29, 1.82) is 0 Å². The Bertz CT molecular complexity index is 772. The normalized spacial score (nSPS) is 14.7. The van der Waals surface area contributed by atoms with Crippen LogP contribution in [0.4, 0.5) is 0 Å². The van der Waals surface area contributed by atoms with E-state index >= 15 is 0 Å². The van der Waals surface area contributed by atoms with Gasteiger partial charge in [-0.15, -0.1) is 10.2 Å². The van der Waals surface area contributed by atoms with E-state index in [9.17, 15) is 9.59 Å². The molecule has 1 aromatic carbocycles. The Kier molecular flexibility index (Phi) is 6.57. The van der Waals surface area contributed by atoms with Gasteiger partial charge in [-0.2, -0.15) is 0 Å². The molecule has 1 unspecified atom stereocenters. The molecule has 0 bridgehead atoms. The zero-order valence-corrected chi connectivity index (χ0v) is 15.8. The van der Waals surface area contributed by atoms with Gasteiger partial charge in [-0.25, -0.2) is 0 Å². The topological polar surface area (TPSA) is 88.9 Å². The Morgan fingerprint density at radius 1 is 1.15 bits per heavy atom. The van der Waals surface area contributed by atoms with Crippen LogP contribution in [-0.2, 0) is 29.0 Å². The number of aryl methyl sites for hydroxylation is 1. The number of aromatic nitrogens is 3. The first-order chi connectivity index (χ1) is 13.1. The summed E-state index contributed by atoms with van der Waals surface area (Å²) in [6, 6.07) is 9.22. The number of benzene rings is 1. The highest BCUT2D eigenvalue weighted by Crippen LogP contribution is 2.17. The summed E-state index contributed by atoms with van der Waals surface area (Å²) in [5, 5.41) is 14.4. The average Bonchev–Trinajstić information content (AvgIpc) is 2.88. The van der Waals surface area contributed by atoms with E-state index in [1.807, 2.05) is 30.3 Å². The van der Waals surface area contributed by atoms with Crippen LogP contribution in [0.5, 0.6) is 0 Å². The number of hydrogen-bond donors (Lipinski definition) is 2. The quantitative estimate of drug-likeness (QED) is 0.780. The minimum absolute atomic E-state index is 0.0896. The maximum Gasteiger partial charge on any atom is 0.222 e. The summed E-state index contributed by atoms with van der Waals surface area (Å²) in [4.78, 5) is 23.9. The molecule has 1 aliphatic rings. The Morgan fingerprint density at radius 3 is 2.74 bits per heavy atom. The van der Waals surface area contributed by atoms with Crippen molar-refractivity contribution in [1.82, 2.24) is 25.4 Å². The molecule has 0 aliphatic carbocycles. The van der Waals surface area contributed by atoms with E-state index in [-0.39, 0.29) is 24.3 Å². The predicted octanol–water partition coefficient (Wildman–Crippen LogP) is 1.93. The monoisotopic (exact) mass is 369 g/mol. The zero-order chi connectivity index (χ0) is 19.1. The highest BCUT2D eigenvalue weighted by atomic mass is 16.2. The van der Waals surface area contributed by atoms with Crippen LogP contribution in [0.25, 0.3) is 0 Å². The van der Waals surface area contributed by atoms with Gasteiger partial charge in [-0.3, -0.25) is 9.59 Å². The summed E-state index contributed by atoms with van der Waals surface area (Å²) < 4.78 is 2.20. The van der Waals surface area contributed by atoms with Crippen molar-refractivity contribution in [3.05, 3.63) is 47.5 Å². The molecular weight excluding hydrogens is 342 g/mol. The lowest BCUT2D eigenvalue weighted by Gasteiger charge is -2.18. The molecule has 3 rings (SSSR count). The second-order valence-electron chi connectivity index (χ2n) is 6.96. The van der Waals surface area contributed by atoms with Crippen molar-refractivity contribution in [2.45, 2.75) is 58.0 Å². The lowest BCUT2D eigenvalue weighted by molar-refractivity contribution is -0.122. The van der Waals surface area contributed by atoms with Crippen LogP contribution in [0.1, 0.15) is 55.9 Å². The summed E-state index contributed by atoms with van der Waals surface area (Å²) in [5.41, 5.74) is 0.922. The third-order valence-corrected chi connectivity index (χ3v) is 4.83. The fourth-order valence-corrected chi connectivity index (χ4v) is 3.48. The van der Waals surface area contributed by atoms with E-state index in [0.717, 1.165) is 36.6 Å². The van der Waals surface area contributed by atoms with Gasteiger partial charge in [0.2, 0.25) is 11.8 Å². The lowest BCUT2D eigenvalue weighted by Crippen LogP contribution is -2.33. The molecule has 2 amide bonds. The maximum absolute atomic E-state index is 12.4. The van der Waals surface area contributed by atoms with Gasteiger partial charge >= 0.3 is 0 Å². The summed E-state index contributed by atoms with van der Waals surface area (Å²) >= 11 is 0. The molecule has 144 valence electrons. The smallest absolute Gasteiger partial charge is 0.222 e. The van der Waals surface area contributed by atoms with Crippen LogP contribution in [0, 0.1) is 0 Å². The number of fused-ring (bicyclic) bond motifs is 1. The first-order valence-electron chi connectivity index (χ1n) is 9.63. The summed E-state index contributed by atoms with van der Waals surface area (Å²) in [5.74, 6) is 1.76. The van der Waals surface area contributed by atoms with Gasteiger partial charge in [0.05, 0.1) is 12.5 Å². The number of carbonyl (C=O) groups excluding carboxylic acids is 2. The van der Waals surface area contributed by atoms with E-state index in [1.54, 1.807) is 0 Å². The van der Waals surface area contributed by atoms with Crippen molar-refractivity contribution < 1.29 is 9.59 Å². The number of nitrogens with one attached hydrogen (secondary N) is 2. The van der Waals surface area contributed by atoms with Gasteiger partial charge in [0.1, 0.15) is 11.6 Å². The number of rotatable bonds is 7. The largest absolute Gasteiger partial charge is 0.356 e. The number of amides is 2. The van der Waals surface area contributed by atoms with Gasteiger partial charge in [-0.05, 0) is 18.4 Å². The minimum atomic E-state index is -0.326. The SMILES string of the molecule is CC(=O)NC(CC(=O)NCCc1nnc2n1CCCCC2)c1ccccc1. The highest BCUT2D eigenvalue weighted by molar-refractivity contribution is 5.79. The number of hydrogen-bond acceptors (Lipinski definition) is 4. The van der Waals surface area contributed by atoms with Crippen molar-refractivity contribution in [2.24, 2.45) is 0 Å².